The topological polar surface area (TPSA) is 79.3 Å². The molecule has 0 radical (unpaired) electrons. The number of aliphatic carboxylic acids is 1. The molecule has 0 aliphatic carbocycles. The molecule has 1 amide bonds. The van der Waals surface area contributed by atoms with Crippen molar-refractivity contribution < 1.29 is 23.5 Å². The molecule has 1 aromatic heterocycles. The first kappa shape index (κ1) is 13.0. The number of amides is 1. The molecule has 1 heterocycles. The van der Waals surface area contributed by atoms with Crippen LogP contribution in [0.2, 0.25) is 0 Å². The van der Waals surface area contributed by atoms with E-state index in [0.29, 0.717) is 12.3 Å². The Morgan fingerprint density at radius 1 is 1.41 bits per heavy atom. The van der Waals surface area contributed by atoms with E-state index in [9.17, 15) is 18.4 Å². The molecule has 0 fully saturated rings. The van der Waals surface area contributed by atoms with E-state index < -0.39 is 34.7 Å². The predicted molar refractivity (Wildman–Crippen MR) is 53.3 cm³/mol. The summed E-state index contributed by atoms with van der Waals surface area (Å²) in [5.41, 5.74) is -2.22. The fourth-order valence-electron chi connectivity index (χ4n) is 0.978. The molecule has 1 aromatic rings. The minimum Gasteiger partial charge on any atom is -0.480 e. The number of carbonyl (C=O) groups excluding carboxylic acids is 1. The van der Waals surface area contributed by atoms with Crippen LogP contribution in [-0.2, 0) is 4.79 Å². The highest BCUT2D eigenvalue weighted by atomic mass is 19.1. The maximum Gasteiger partial charge on any atom is 0.328 e. The largest absolute Gasteiger partial charge is 0.480 e. The van der Waals surface area contributed by atoms with E-state index in [2.05, 4.69) is 10.3 Å². The van der Waals surface area contributed by atoms with Gasteiger partial charge in [-0.1, -0.05) is 0 Å². The fraction of sp³-hybridized carbons (Fsp3) is 0.300. The van der Waals surface area contributed by atoms with Crippen LogP contribution in [-0.4, -0.2) is 27.5 Å². The summed E-state index contributed by atoms with van der Waals surface area (Å²) < 4.78 is 25.7. The molecule has 0 saturated heterocycles. The van der Waals surface area contributed by atoms with Gasteiger partial charge in [0, 0.05) is 6.07 Å². The van der Waals surface area contributed by atoms with Gasteiger partial charge in [-0.25, -0.2) is 18.6 Å². The Balaban J connectivity index is 2.95. The maximum absolute atomic E-state index is 13.2. The first-order valence-corrected chi connectivity index (χ1v) is 4.61. The lowest BCUT2D eigenvalue weighted by Gasteiger charge is -2.20. The van der Waals surface area contributed by atoms with Gasteiger partial charge in [0.25, 0.3) is 5.91 Å². The number of pyridine rings is 1. The summed E-state index contributed by atoms with van der Waals surface area (Å²) >= 11 is 0. The predicted octanol–water partition coefficient (Wildman–Crippen LogP) is 0.953. The number of carboxylic acid groups (broad SMARTS) is 1. The minimum absolute atomic E-state index is 0.496. The van der Waals surface area contributed by atoms with Crippen molar-refractivity contribution in [3.05, 3.63) is 29.6 Å². The molecule has 0 unspecified atom stereocenters. The highest BCUT2D eigenvalue weighted by Gasteiger charge is 2.30. The van der Waals surface area contributed by atoms with E-state index in [0.717, 1.165) is 0 Å². The molecule has 5 nitrogen and oxygen atoms in total. The van der Waals surface area contributed by atoms with Crippen LogP contribution in [0.1, 0.15) is 24.3 Å². The van der Waals surface area contributed by atoms with Crippen LogP contribution < -0.4 is 5.32 Å². The van der Waals surface area contributed by atoms with Crippen molar-refractivity contribution in [3.8, 4) is 0 Å². The van der Waals surface area contributed by atoms with Crippen LogP contribution in [0.5, 0.6) is 0 Å². The quantitative estimate of drug-likeness (QED) is 0.829. The van der Waals surface area contributed by atoms with Gasteiger partial charge < -0.3 is 10.4 Å². The molecule has 0 aliphatic heterocycles. The van der Waals surface area contributed by atoms with E-state index in [1.807, 2.05) is 0 Å². The average Bonchev–Trinajstić information content (AvgIpc) is 2.15. The third kappa shape index (κ3) is 2.96. The Morgan fingerprint density at radius 3 is 2.47 bits per heavy atom. The zero-order chi connectivity index (χ0) is 13.2. The van der Waals surface area contributed by atoms with Crippen molar-refractivity contribution in [1.82, 2.24) is 10.3 Å². The summed E-state index contributed by atoms with van der Waals surface area (Å²) in [5, 5.41) is 10.8. The van der Waals surface area contributed by atoms with Crippen molar-refractivity contribution >= 4 is 11.9 Å². The number of hydrogen-bond acceptors (Lipinski definition) is 3. The molecule has 0 aliphatic rings. The summed E-state index contributed by atoms with van der Waals surface area (Å²) in [7, 11) is 0. The van der Waals surface area contributed by atoms with E-state index in [1.54, 1.807) is 0 Å². The SMILES string of the molecule is CC(C)(NC(=O)c1ncc(F)cc1F)C(=O)O. The third-order valence-corrected chi connectivity index (χ3v) is 1.98. The molecule has 92 valence electrons. The summed E-state index contributed by atoms with van der Waals surface area (Å²) in [6.45, 7) is 2.46. The normalized spacial score (nSPS) is 11.1. The Hall–Kier alpha value is -2.05. The summed E-state index contributed by atoms with van der Waals surface area (Å²) in [6, 6.07) is 0.496. The van der Waals surface area contributed by atoms with Gasteiger partial charge in [0.2, 0.25) is 0 Å². The van der Waals surface area contributed by atoms with Crippen molar-refractivity contribution in [2.45, 2.75) is 19.4 Å². The van der Waals surface area contributed by atoms with E-state index in [1.165, 1.54) is 13.8 Å². The van der Waals surface area contributed by atoms with E-state index in [4.69, 9.17) is 5.11 Å². The highest BCUT2D eigenvalue weighted by Crippen LogP contribution is 2.09. The lowest BCUT2D eigenvalue weighted by atomic mass is 10.1. The van der Waals surface area contributed by atoms with Crippen molar-refractivity contribution in [2.75, 3.05) is 0 Å². The van der Waals surface area contributed by atoms with Crippen LogP contribution in [0.25, 0.3) is 0 Å². The van der Waals surface area contributed by atoms with Gasteiger partial charge in [-0.15, -0.1) is 0 Å². The molecule has 17 heavy (non-hydrogen) atoms. The van der Waals surface area contributed by atoms with Crippen LogP contribution in [0.3, 0.4) is 0 Å². The molecule has 2 N–H and O–H groups in total. The molecule has 0 atom stereocenters. The molecule has 0 bridgehead atoms. The van der Waals surface area contributed by atoms with Crippen molar-refractivity contribution in [3.63, 3.8) is 0 Å². The molecule has 7 heteroatoms. The van der Waals surface area contributed by atoms with Gasteiger partial charge in [0.05, 0.1) is 6.20 Å². The summed E-state index contributed by atoms with van der Waals surface area (Å²) in [4.78, 5) is 25.5. The molecular formula is C10H10F2N2O3. The molecule has 0 spiro atoms. The highest BCUT2D eigenvalue weighted by molar-refractivity contribution is 5.96. The van der Waals surface area contributed by atoms with Gasteiger partial charge >= 0.3 is 5.97 Å². The maximum atomic E-state index is 13.2. The molecular weight excluding hydrogens is 234 g/mol. The van der Waals surface area contributed by atoms with Gasteiger partial charge in [0.15, 0.2) is 11.5 Å². The van der Waals surface area contributed by atoms with Crippen LogP contribution >= 0.6 is 0 Å². The second-order valence-corrected chi connectivity index (χ2v) is 3.87. The number of halogens is 2. The third-order valence-electron chi connectivity index (χ3n) is 1.98. The minimum atomic E-state index is -1.57. The second-order valence-electron chi connectivity index (χ2n) is 3.87. The number of hydrogen-bond donors (Lipinski definition) is 2. The van der Waals surface area contributed by atoms with Crippen molar-refractivity contribution in [2.24, 2.45) is 0 Å². The Kier molecular flexibility index (Phi) is 3.40. The molecule has 0 aromatic carbocycles. The Bertz CT molecular complexity index is 475. The van der Waals surface area contributed by atoms with Crippen LogP contribution in [0.15, 0.2) is 12.3 Å². The number of nitrogens with one attached hydrogen (secondary N) is 1. The average molecular weight is 244 g/mol. The van der Waals surface area contributed by atoms with E-state index >= 15 is 0 Å². The Labute approximate surface area is 95.5 Å². The van der Waals surface area contributed by atoms with Crippen molar-refractivity contribution in [1.29, 1.82) is 0 Å². The standard InChI is InChI=1S/C10H10F2N2O3/c1-10(2,9(16)17)14-8(15)7-6(12)3-5(11)4-13-7/h3-4H,1-2H3,(H,14,15)(H,16,17). The van der Waals surface area contributed by atoms with Gasteiger partial charge in [-0.05, 0) is 13.8 Å². The zero-order valence-corrected chi connectivity index (χ0v) is 9.12. The van der Waals surface area contributed by atoms with Gasteiger partial charge in [-0.3, -0.25) is 4.79 Å². The van der Waals surface area contributed by atoms with Crippen LogP contribution in [0.4, 0.5) is 8.78 Å². The number of nitrogens with zero attached hydrogens (tertiary/aromatic N) is 1. The lowest BCUT2D eigenvalue weighted by Crippen LogP contribution is -2.50. The first-order valence-electron chi connectivity index (χ1n) is 4.61. The van der Waals surface area contributed by atoms with Gasteiger partial charge in [-0.2, -0.15) is 0 Å². The number of carbonyl (C=O) groups is 2. The fourth-order valence-corrected chi connectivity index (χ4v) is 0.978. The lowest BCUT2D eigenvalue weighted by molar-refractivity contribution is -0.143. The summed E-state index contributed by atoms with van der Waals surface area (Å²) in [5.74, 6) is -4.37. The number of carboxylic acids is 1. The summed E-state index contributed by atoms with van der Waals surface area (Å²) in [6.07, 6.45) is 0.672. The number of aromatic nitrogens is 1. The molecule has 1 rings (SSSR count). The smallest absolute Gasteiger partial charge is 0.328 e. The van der Waals surface area contributed by atoms with Gasteiger partial charge in [0.1, 0.15) is 11.4 Å². The van der Waals surface area contributed by atoms with E-state index in [-0.39, 0.29) is 0 Å². The Morgan fingerprint density at radius 2 is 2.00 bits per heavy atom. The van der Waals surface area contributed by atoms with Crippen LogP contribution in [0, 0.1) is 11.6 Å². The zero-order valence-electron chi connectivity index (χ0n) is 9.12. The monoisotopic (exact) mass is 244 g/mol. The first-order chi connectivity index (χ1) is 7.74. The molecule has 0 saturated carbocycles. The number of rotatable bonds is 3. The second kappa shape index (κ2) is 4.44.